The van der Waals surface area contributed by atoms with E-state index >= 15 is 0 Å². The maximum atomic E-state index is 11.9. The van der Waals surface area contributed by atoms with Crippen molar-refractivity contribution in [3.05, 3.63) is 17.0 Å². The third kappa shape index (κ3) is 2.96. The van der Waals surface area contributed by atoms with Gasteiger partial charge in [-0.1, -0.05) is 0 Å². The molecule has 0 unspecified atom stereocenters. The first-order valence-corrected chi connectivity index (χ1v) is 4.72. The molecule has 0 saturated heterocycles. The number of esters is 1. The minimum atomic E-state index is -4.95. The van der Waals surface area contributed by atoms with Crippen LogP contribution in [0, 0.1) is 0 Å². The van der Waals surface area contributed by atoms with Gasteiger partial charge in [0.15, 0.2) is 0 Å². The smallest absolute Gasteiger partial charge is 0.465 e. The van der Waals surface area contributed by atoms with Gasteiger partial charge in [0.1, 0.15) is 4.88 Å². The molecule has 1 heterocycles. The maximum Gasteiger partial charge on any atom is 0.471 e. The Balaban J connectivity index is 2.73. The first-order valence-electron chi connectivity index (χ1n) is 3.91. The molecule has 0 saturated carbocycles. The highest BCUT2D eigenvalue weighted by molar-refractivity contribution is 7.18. The Morgan fingerprint density at radius 2 is 2.00 bits per heavy atom. The molecule has 0 aliphatic heterocycles. The number of halogens is 3. The lowest BCUT2D eigenvalue weighted by Gasteiger charge is -2.04. The van der Waals surface area contributed by atoms with Crippen molar-refractivity contribution in [1.29, 1.82) is 0 Å². The van der Waals surface area contributed by atoms with Crippen LogP contribution in [0.2, 0.25) is 0 Å². The fourth-order valence-electron chi connectivity index (χ4n) is 0.798. The molecule has 0 bridgehead atoms. The van der Waals surface area contributed by atoms with Gasteiger partial charge in [-0.2, -0.15) is 13.2 Å². The molecule has 16 heavy (non-hydrogen) atoms. The quantitative estimate of drug-likeness (QED) is 0.820. The number of thiophene rings is 1. The fourth-order valence-corrected chi connectivity index (χ4v) is 1.62. The molecule has 0 aliphatic carbocycles. The van der Waals surface area contributed by atoms with Gasteiger partial charge in [-0.25, -0.2) is 4.79 Å². The van der Waals surface area contributed by atoms with Crippen molar-refractivity contribution in [2.75, 3.05) is 12.4 Å². The molecule has 4 nitrogen and oxygen atoms in total. The Morgan fingerprint density at radius 1 is 1.38 bits per heavy atom. The molecule has 1 aromatic rings. The lowest BCUT2D eigenvalue weighted by Crippen LogP contribution is -2.29. The third-order valence-electron chi connectivity index (χ3n) is 1.49. The van der Waals surface area contributed by atoms with Crippen molar-refractivity contribution >= 4 is 28.2 Å². The molecule has 0 spiro atoms. The summed E-state index contributed by atoms with van der Waals surface area (Å²) in [4.78, 5) is 21.6. The topological polar surface area (TPSA) is 55.4 Å². The minimum Gasteiger partial charge on any atom is -0.465 e. The molecule has 1 N–H and O–H groups in total. The largest absolute Gasteiger partial charge is 0.471 e. The van der Waals surface area contributed by atoms with Crippen molar-refractivity contribution in [2.45, 2.75) is 6.18 Å². The number of anilines is 1. The molecular weight excluding hydrogens is 247 g/mol. The zero-order valence-electron chi connectivity index (χ0n) is 7.92. The molecule has 1 rings (SSSR count). The lowest BCUT2D eigenvalue weighted by molar-refractivity contribution is -0.167. The molecule has 0 aliphatic rings. The van der Waals surface area contributed by atoms with Crippen LogP contribution in [-0.2, 0) is 9.53 Å². The second-order valence-electron chi connectivity index (χ2n) is 2.61. The van der Waals surface area contributed by atoms with E-state index in [2.05, 4.69) is 4.74 Å². The van der Waals surface area contributed by atoms with E-state index in [1.807, 2.05) is 0 Å². The number of nitrogens with one attached hydrogen (secondary N) is 1. The van der Waals surface area contributed by atoms with Gasteiger partial charge in [-0.3, -0.25) is 4.79 Å². The van der Waals surface area contributed by atoms with Gasteiger partial charge in [0.05, 0.1) is 12.1 Å². The lowest BCUT2D eigenvalue weighted by atomic mass is 10.4. The number of rotatable bonds is 2. The number of hydrogen-bond donors (Lipinski definition) is 1. The molecule has 88 valence electrons. The van der Waals surface area contributed by atoms with Gasteiger partial charge in [-0.15, -0.1) is 11.3 Å². The predicted octanol–water partition coefficient (Wildman–Crippen LogP) is 2.04. The van der Waals surface area contributed by atoms with Gasteiger partial charge in [0.2, 0.25) is 0 Å². The summed E-state index contributed by atoms with van der Waals surface area (Å²) in [6.45, 7) is 0. The molecule has 8 heteroatoms. The van der Waals surface area contributed by atoms with Crippen molar-refractivity contribution < 1.29 is 27.5 Å². The van der Waals surface area contributed by atoms with Crippen LogP contribution in [-0.4, -0.2) is 25.2 Å². The number of carbonyl (C=O) groups is 2. The Morgan fingerprint density at radius 3 is 2.50 bits per heavy atom. The van der Waals surface area contributed by atoms with E-state index in [9.17, 15) is 22.8 Å². The summed E-state index contributed by atoms with van der Waals surface area (Å²) in [5, 5.41) is 1.56. The van der Waals surface area contributed by atoms with E-state index in [1.165, 1.54) is 12.1 Å². The number of hydrogen-bond acceptors (Lipinski definition) is 4. The third-order valence-corrected chi connectivity index (χ3v) is 2.47. The zero-order chi connectivity index (χ0) is 12.3. The molecule has 0 radical (unpaired) electrons. The number of carbonyl (C=O) groups excluding carboxylic acids is 2. The predicted molar refractivity (Wildman–Crippen MR) is 50.3 cm³/mol. The highest BCUT2D eigenvalue weighted by atomic mass is 32.1. The van der Waals surface area contributed by atoms with Gasteiger partial charge in [-0.05, 0) is 12.1 Å². The average molecular weight is 253 g/mol. The van der Waals surface area contributed by atoms with Crippen molar-refractivity contribution in [3.8, 4) is 0 Å². The summed E-state index contributed by atoms with van der Waals surface area (Å²) in [7, 11) is 1.15. The minimum absolute atomic E-state index is 0.0669. The highest BCUT2D eigenvalue weighted by Crippen LogP contribution is 2.25. The van der Waals surface area contributed by atoms with Crippen LogP contribution in [0.5, 0.6) is 0 Å². The van der Waals surface area contributed by atoms with Gasteiger partial charge in [0.25, 0.3) is 0 Å². The Kier molecular flexibility index (Phi) is 3.53. The first kappa shape index (κ1) is 12.5. The summed E-state index contributed by atoms with van der Waals surface area (Å²) < 4.78 is 40.0. The van der Waals surface area contributed by atoms with E-state index in [0.717, 1.165) is 7.11 Å². The number of ether oxygens (including phenoxy) is 1. The van der Waals surface area contributed by atoms with Crippen LogP contribution in [0.25, 0.3) is 0 Å². The molecule has 0 fully saturated rings. The average Bonchev–Trinajstić information content (AvgIpc) is 2.63. The van der Waals surface area contributed by atoms with Crippen molar-refractivity contribution in [1.82, 2.24) is 0 Å². The van der Waals surface area contributed by atoms with E-state index in [1.54, 1.807) is 5.32 Å². The molecule has 0 aromatic carbocycles. The molecule has 1 aromatic heterocycles. The van der Waals surface area contributed by atoms with E-state index < -0.39 is 18.1 Å². The number of methoxy groups -OCH3 is 1. The monoisotopic (exact) mass is 253 g/mol. The summed E-state index contributed by atoms with van der Waals surface area (Å²) in [6.07, 6.45) is -4.95. The zero-order valence-corrected chi connectivity index (χ0v) is 8.74. The maximum absolute atomic E-state index is 11.9. The van der Waals surface area contributed by atoms with Crippen LogP contribution in [0.3, 0.4) is 0 Å². The van der Waals surface area contributed by atoms with Crippen molar-refractivity contribution in [2.24, 2.45) is 0 Å². The molecular formula is C8H6F3NO3S. The summed E-state index contributed by atoms with van der Waals surface area (Å²) >= 11 is 0.704. The highest BCUT2D eigenvalue weighted by Gasteiger charge is 2.38. The molecule has 0 atom stereocenters. The SMILES string of the molecule is COC(=O)c1ccc(NC(=O)C(F)(F)F)s1. The summed E-state index contributed by atoms with van der Waals surface area (Å²) in [6, 6.07) is 2.46. The second-order valence-corrected chi connectivity index (χ2v) is 3.69. The van der Waals surface area contributed by atoms with Gasteiger partial charge >= 0.3 is 18.1 Å². The Hall–Kier alpha value is -1.57. The van der Waals surface area contributed by atoms with E-state index in [-0.39, 0.29) is 9.88 Å². The van der Waals surface area contributed by atoms with Crippen LogP contribution >= 0.6 is 11.3 Å². The first-order chi connectivity index (χ1) is 7.34. The second kappa shape index (κ2) is 4.52. The van der Waals surface area contributed by atoms with Crippen LogP contribution in [0.1, 0.15) is 9.67 Å². The normalized spacial score (nSPS) is 11.0. The number of alkyl halides is 3. The van der Waals surface area contributed by atoms with Gasteiger partial charge < -0.3 is 10.1 Å². The van der Waals surface area contributed by atoms with Crippen LogP contribution in [0.15, 0.2) is 12.1 Å². The fraction of sp³-hybridized carbons (Fsp3) is 0.250. The Labute approximate surface area is 92.0 Å². The van der Waals surface area contributed by atoms with Crippen LogP contribution in [0.4, 0.5) is 18.2 Å². The summed E-state index contributed by atoms with van der Waals surface area (Å²) in [5.41, 5.74) is 0. The van der Waals surface area contributed by atoms with E-state index in [4.69, 9.17) is 0 Å². The van der Waals surface area contributed by atoms with Gasteiger partial charge in [0, 0.05) is 0 Å². The van der Waals surface area contributed by atoms with Crippen molar-refractivity contribution in [3.63, 3.8) is 0 Å². The summed E-state index contributed by atoms with van der Waals surface area (Å²) in [5.74, 6) is -2.75. The van der Waals surface area contributed by atoms with E-state index in [0.29, 0.717) is 11.3 Å². The Bertz CT molecular complexity index is 413. The standard InChI is InChI=1S/C8H6F3NO3S/c1-15-6(13)4-2-3-5(16-4)12-7(14)8(9,10)11/h2-3H,1H3,(H,12,14). The number of amides is 1. The van der Waals surface area contributed by atoms with Crippen LogP contribution < -0.4 is 5.32 Å². The molecule has 1 amide bonds.